The van der Waals surface area contributed by atoms with Gasteiger partial charge in [0.2, 0.25) is 0 Å². The zero-order chi connectivity index (χ0) is 35.0. The highest BCUT2D eigenvalue weighted by Gasteiger charge is 2.16. The van der Waals surface area contributed by atoms with Crippen LogP contribution >= 0.6 is 0 Å². The van der Waals surface area contributed by atoms with Crippen molar-refractivity contribution >= 4 is 11.9 Å². The van der Waals surface area contributed by atoms with Crippen molar-refractivity contribution in [2.45, 2.75) is 238 Å². The zero-order valence-electron chi connectivity index (χ0n) is 32.3. The van der Waals surface area contributed by atoms with E-state index in [9.17, 15) is 14.7 Å². The maximum Gasteiger partial charge on any atom is 0.306 e. The largest absolute Gasteiger partial charge is 0.462 e. The van der Waals surface area contributed by atoms with Crippen molar-refractivity contribution in [1.29, 1.82) is 0 Å². The molecule has 0 heterocycles. The molecule has 1 atom stereocenters. The van der Waals surface area contributed by atoms with Gasteiger partial charge in [0.1, 0.15) is 6.61 Å². The minimum Gasteiger partial charge on any atom is -0.462 e. The molecule has 0 unspecified atom stereocenters. The first-order chi connectivity index (χ1) is 23.6. The second-order valence-electron chi connectivity index (χ2n) is 14.4. The molecule has 0 amide bonds. The molecule has 48 heavy (non-hydrogen) atoms. The van der Waals surface area contributed by atoms with Gasteiger partial charge in [-0.3, -0.25) is 9.59 Å². The number of esters is 2. The lowest BCUT2D eigenvalue weighted by molar-refractivity contribution is -0.161. The molecule has 0 aromatic heterocycles. The Morgan fingerprint density at radius 1 is 0.458 bits per heavy atom. The van der Waals surface area contributed by atoms with Crippen molar-refractivity contribution in [2.75, 3.05) is 13.2 Å². The van der Waals surface area contributed by atoms with E-state index in [1.165, 1.54) is 167 Å². The van der Waals surface area contributed by atoms with Crippen molar-refractivity contribution in [3.05, 3.63) is 12.2 Å². The number of carbonyl (C=O) groups is 2. The van der Waals surface area contributed by atoms with E-state index in [0.29, 0.717) is 12.8 Å². The zero-order valence-corrected chi connectivity index (χ0v) is 32.3. The van der Waals surface area contributed by atoms with Crippen LogP contribution in [0.4, 0.5) is 0 Å². The average Bonchev–Trinajstić information content (AvgIpc) is 3.09. The maximum absolute atomic E-state index is 12.2. The van der Waals surface area contributed by atoms with E-state index in [0.717, 1.165) is 38.5 Å². The summed E-state index contributed by atoms with van der Waals surface area (Å²) in [7, 11) is 0. The van der Waals surface area contributed by atoms with Gasteiger partial charge in [-0.1, -0.05) is 193 Å². The first kappa shape index (κ1) is 46.6. The summed E-state index contributed by atoms with van der Waals surface area (Å²) in [6.45, 7) is 4.16. The topological polar surface area (TPSA) is 72.8 Å². The van der Waals surface area contributed by atoms with Crippen LogP contribution in [0.1, 0.15) is 232 Å². The molecule has 5 heteroatoms. The van der Waals surface area contributed by atoms with E-state index in [2.05, 4.69) is 26.0 Å². The first-order valence-corrected chi connectivity index (χ1v) is 21.2. The predicted octanol–water partition coefficient (Wildman–Crippen LogP) is 13.3. The van der Waals surface area contributed by atoms with Crippen molar-refractivity contribution in [2.24, 2.45) is 0 Å². The third-order valence-electron chi connectivity index (χ3n) is 9.56. The van der Waals surface area contributed by atoms with Gasteiger partial charge in [0, 0.05) is 12.8 Å². The molecule has 0 fully saturated rings. The van der Waals surface area contributed by atoms with Gasteiger partial charge in [0.15, 0.2) is 6.10 Å². The van der Waals surface area contributed by atoms with Gasteiger partial charge in [-0.15, -0.1) is 0 Å². The van der Waals surface area contributed by atoms with Crippen molar-refractivity contribution in [1.82, 2.24) is 0 Å². The van der Waals surface area contributed by atoms with Crippen LogP contribution in [0.15, 0.2) is 12.2 Å². The number of unbranched alkanes of at least 4 members (excludes halogenated alkanes) is 29. The van der Waals surface area contributed by atoms with Crippen molar-refractivity contribution in [3.8, 4) is 0 Å². The Labute approximate surface area is 299 Å². The summed E-state index contributed by atoms with van der Waals surface area (Å²) in [6, 6.07) is 0. The van der Waals surface area contributed by atoms with Gasteiger partial charge in [-0.05, 0) is 38.5 Å². The number of aliphatic hydroxyl groups is 1. The molecule has 0 saturated heterocycles. The molecule has 0 saturated carbocycles. The number of hydrogen-bond donors (Lipinski definition) is 1. The lowest BCUT2D eigenvalue weighted by atomic mass is 10.0. The van der Waals surface area contributed by atoms with Crippen molar-refractivity contribution < 1.29 is 24.2 Å². The fraction of sp³-hybridized carbons (Fsp3) is 0.907. The lowest BCUT2D eigenvalue weighted by Gasteiger charge is -2.15. The molecule has 0 aliphatic rings. The van der Waals surface area contributed by atoms with Gasteiger partial charge in [-0.2, -0.15) is 0 Å². The fourth-order valence-electron chi connectivity index (χ4n) is 6.31. The summed E-state index contributed by atoms with van der Waals surface area (Å²) in [5.41, 5.74) is 0. The van der Waals surface area contributed by atoms with Gasteiger partial charge < -0.3 is 14.6 Å². The molecule has 284 valence electrons. The van der Waals surface area contributed by atoms with Crippen LogP contribution < -0.4 is 0 Å². The summed E-state index contributed by atoms with van der Waals surface area (Å²) in [4.78, 5) is 24.3. The highest BCUT2D eigenvalue weighted by molar-refractivity contribution is 5.70. The molecule has 0 aliphatic carbocycles. The quantitative estimate of drug-likeness (QED) is 0.0398. The van der Waals surface area contributed by atoms with E-state index < -0.39 is 6.10 Å². The molecular weight excluding hydrogens is 596 g/mol. The molecule has 1 N–H and O–H groups in total. The highest BCUT2D eigenvalue weighted by atomic mass is 16.6. The summed E-state index contributed by atoms with van der Waals surface area (Å²) in [6.07, 6.45) is 45.6. The Hall–Kier alpha value is -1.36. The molecule has 5 nitrogen and oxygen atoms in total. The van der Waals surface area contributed by atoms with Gasteiger partial charge >= 0.3 is 11.9 Å². The van der Waals surface area contributed by atoms with E-state index in [1.54, 1.807) is 0 Å². The number of hydrogen-bond acceptors (Lipinski definition) is 5. The number of aliphatic hydroxyl groups excluding tert-OH is 1. The van der Waals surface area contributed by atoms with Crippen LogP contribution in [0, 0.1) is 0 Å². The minimum absolute atomic E-state index is 0.0607. The van der Waals surface area contributed by atoms with Gasteiger partial charge in [0.25, 0.3) is 0 Å². The van der Waals surface area contributed by atoms with E-state index >= 15 is 0 Å². The van der Waals surface area contributed by atoms with E-state index in [4.69, 9.17) is 9.47 Å². The van der Waals surface area contributed by atoms with Crippen molar-refractivity contribution in [3.63, 3.8) is 0 Å². The molecule has 0 spiro atoms. The van der Waals surface area contributed by atoms with Gasteiger partial charge in [-0.25, -0.2) is 0 Å². The van der Waals surface area contributed by atoms with E-state index in [-0.39, 0.29) is 25.2 Å². The predicted molar refractivity (Wildman–Crippen MR) is 205 cm³/mol. The third kappa shape index (κ3) is 37.5. The number of allylic oxidation sites excluding steroid dienone is 2. The number of rotatable bonds is 39. The van der Waals surface area contributed by atoms with Gasteiger partial charge in [0.05, 0.1) is 6.61 Å². The van der Waals surface area contributed by atoms with Crippen LogP contribution in [0.25, 0.3) is 0 Å². The molecule has 0 aliphatic heterocycles. The standard InChI is InChI=1S/C43H82O5/c1-3-5-7-9-11-13-15-17-19-20-21-22-24-25-27-29-31-33-35-37-42(45)47-40-41(39-44)48-43(46)38-36-34-32-30-28-26-23-18-16-14-12-10-8-6-4-2/h17,19,41,44H,3-16,18,20-40H2,1-2H3/b19-17+/t41-/m0/s1. The van der Waals surface area contributed by atoms with Crippen LogP contribution in [0.2, 0.25) is 0 Å². The molecule has 0 radical (unpaired) electrons. The van der Waals surface area contributed by atoms with Crippen LogP contribution in [-0.2, 0) is 19.1 Å². The second-order valence-corrected chi connectivity index (χ2v) is 14.4. The highest BCUT2D eigenvalue weighted by Crippen LogP contribution is 2.15. The minimum atomic E-state index is -0.765. The summed E-state index contributed by atoms with van der Waals surface area (Å²) >= 11 is 0. The third-order valence-corrected chi connectivity index (χ3v) is 9.56. The summed E-state index contributed by atoms with van der Waals surface area (Å²) in [5, 5.41) is 9.57. The second kappa shape index (κ2) is 40.1. The Kier molecular flexibility index (Phi) is 38.9. The summed E-state index contributed by atoms with van der Waals surface area (Å²) in [5.74, 6) is -0.580. The SMILES string of the molecule is CCCCCCCC/C=C/CCCCCCCCCCCC(=O)OC[C@H](CO)OC(=O)CCCCCCCCCCCCCCCCC. The summed E-state index contributed by atoms with van der Waals surface area (Å²) < 4.78 is 10.6. The molecule has 0 aromatic rings. The molecule has 0 aromatic carbocycles. The van der Waals surface area contributed by atoms with Crippen LogP contribution in [0.5, 0.6) is 0 Å². The molecular formula is C43H82O5. The maximum atomic E-state index is 12.2. The Morgan fingerprint density at radius 2 is 0.771 bits per heavy atom. The van der Waals surface area contributed by atoms with E-state index in [1.807, 2.05) is 0 Å². The Bertz CT molecular complexity index is 691. The first-order valence-electron chi connectivity index (χ1n) is 21.2. The monoisotopic (exact) mass is 679 g/mol. The smallest absolute Gasteiger partial charge is 0.306 e. The number of ether oxygens (including phenoxy) is 2. The molecule has 0 bridgehead atoms. The van der Waals surface area contributed by atoms with Crippen LogP contribution in [-0.4, -0.2) is 36.4 Å². The Balaban J connectivity index is 3.49. The fourth-order valence-corrected chi connectivity index (χ4v) is 6.31. The molecule has 0 rings (SSSR count). The lowest BCUT2D eigenvalue weighted by Crippen LogP contribution is -2.28. The Morgan fingerprint density at radius 3 is 1.12 bits per heavy atom. The number of carbonyl (C=O) groups excluding carboxylic acids is 2. The average molecular weight is 679 g/mol. The normalized spacial score (nSPS) is 12.1. The van der Waals surface area contributed by atoms with Crippen LogP contribution in [0.3, 0.4) is 0 Å².